The number of fused-ring (bicyclic) bond motifs is 8. The lowest BCUT2D eigenvalue weighted by Gasteiger charge is -2.31. The summed E-state index contributed by atoms with van der Waals surface area (Å²) in [4.78, 5) is 17.4. The van der Waals surface area contributed by atoms with Gasteiger partial charge in [-0.25, -0.2) is 0 Å². The Balaban J connectivity index is 1.01. The van der Waals surface area contributed by atoms with Crippen LogP contribution in [0.5, 0.6) is 11.5 Å². The van der Waals surface area contributed by atoms with E-state index in [0.29, 0.717) is 6.61 Å². The summed E-state index contributed by atoms with van der Waals surface area (Å²) in [6.07, 6.45) is 19.8. The first kappa shape index (κ1) is 49.4. The van der Waals surface area contributed by atoms with Crippen molar-refractivity contribution in [2.75, 3.05) is 88.2 Å². The van der Waals surface area contributed by atoms with Gasteiger partial charge in [-0.1, -0.05) is 89.0 Å². The first-order valence-electron chi connectivity index (χ1n) is 25.4. The fraction of sp³-hybridized carbons (Fsp3) is 0.448. The molecule has 0 radical (unpaired) electrons. The van der Waals surface area contributed by atoms with Gasteiger partial charge in [0.15, 0.2) is 0 Å². The molecule has 5 heterocycles. The number of nitrogens with zero attached hydrogens (tertiary/aromatic N) is 3. The number of likely N-dealkylation sites (N-methyl/N-ethyl adjacent to an activating group) is 2. The van der Waals surface area contributed by atoms with E-state index < -0.39 is 0 Å². The van der Waals surface area contributed by atoms with Crippen molar-refractivity contribution < 1.29 is 18.4 Å². The number of hydrogen-bond donors (Lipinski definition) is 4. The minimum absolute atomic E-state index is 0.702. The summed E-state index contributed by atoms with van der Waals surface area (Å²) >= 11 is 0. The summed E-state index contributed by atoms with van der Waals surface area (Å²) in [5.41, 5.74) is 8.57. The highest BCUT2D eigenvalue weighted by atomic mass is 16.5. The van der Waals surface area contributed by atoms with Crippen molar-refractivity contribution in [3.63, 3.8) is 0 Å². The predicted octanol–water partition coefficient (Wildman–Crippen LogP) is 8.64. The summed E-state index contributed by atoms with van der Waals surface area (Å²) in [6, 6.07) is 34.5. The summed E-state index contributed by atoms with van der Waals surface area (Å²) < 4.78 is 14.5. The summed E-state index contributed by atoms with van der Waals surface area (Å²) in [7, 11) is 13.7. The molecule has 8 bridgehead atoms. The Morgan fingerprint density at radius 1 is 0.448 bits per heavy atom. The molecule has 0 saturated carbocycles. The number of benzene rings is 2. The van der Waals surface area contributed by atoms with E-state index in [0.717, 1.165) is 126 Å². The number of quaternary nitrogens is 2. The second kappa shape index (κ2) is 24.0. The average Bonchev–Trinajstić information content (AvgIpc) is 4.15. The molecule has 9 heteroatoms. The molecule has 6 aromatic rings. The fourth-order valence-electron chi connectivity index (χ4n) is 9.18. The molecule has 0 amide bonds. The predicted molar refractivity (Wildman–Crippen MR) is 279 cm³/mol. The molecule has 7 rings (SSSR count). The molecule has 4 aromatic heterocycles. The Kier molecular flexibility index (Phi) is 17.7. The summed E-state index contributed by atoms with van der Waals surface area (Å²) in [5.74, 6) is 1.81. The number of H-pyrrole nitrogens is 4. The molecule has 1 aliphatic rings. The minimum Gasteiger partial charge on any atom is -0.494 e. The van der Waals surface area contributed by atoms with Gasteiger partial charge in [-0.05, 0) is 110 Å². The Labute approximate surface area is 401 Å². The molecule has 1 aliphatic heterocycles. The SMILES string of the molecule is CCCCCCCCCCCCOc1ccc(C2=c3ccc([nH]3)=Cc3ccc([nH]3)C(c3ccc(OCCC[N+](C)(C)CCCN(C)CC[N+](C)(C)C)cc3)=c3ccc([nH]3)=Cc3ccc2[nH]3)cc1. The van der Waals surface area contributed by atoms with Crippen LogP contribution in [0.4, 0.5) is 0 Å². The van der Waals surface area contributed by atoms with Crippen LogP contribution in [0, 0.1) is 0 Å². The Hall–Kier alpha value is -5.48. The molecule has 0 unspecified atom stereocenters. The highest BCUT2D eigenvalue weighted by Gasteiger charge is 2.17. The molecular weight excluding hydrogens is 827 g/mol. The normalized spacial score (nSPS) is 13.0. The van der Waals surface area contributed by atoms with Gasteiger partial charge in [0.25, 0.3) is 0 Å². The van der Waals surface area contributed by atoms with E-state index in [1.807, 2.05) is 0 Å². The monoisotopic (exact) mass is 908 g/mol. The number of unbranched alkanes of at least 4 members (excludes halogenated alkanes) is 9. The molecule has 67 heavy (non-hydrogen) atoms. The molecule has 0 fully saturated rings. The lowest BCUT2D eigenvalue weighted by atomic mass is 10.0. The maximum atomic E-state index is 6.31. The Morgan fingerprint density at radius 3 is 1.40 bits per heavy atom. The lowest BCUT2D eigenvalue weighted by Crippen LogP contribution is -2.44. The van der Waals surface area contributed by atoms with Gasteiger partial charge in [0, 0.05) is 81.2 Å². The van der Waals surface area contributed by atoms with Crippen molar-refractivity contribution in [1.82, 2.24) is 24.8 Å². The van der Waals surface area contributed by atoms with Gasteiger partial charge >= 0.3 is 0 Å². The van der Waals surface area contributed by atoms with E-state index in [-0.39, 0.29) is 0 Å². The minimum atomic E-state index is 0.702. The van der Waals surface area contributed by atoms with Crippen molar-refractivity contribution in [2.24, 2.45) is 0 Å². The van der Waals surface area contributed by atoms with Gasteiger partial charge in [-0.2, -0.15) is 0 Å². The van der Waals surface area contributed by atoms with Crippen LogP contribution < -0.4 is 30.9 Å². The maximum absolute atomic E-state index is 6.31. The average molecular weight is 908 g/mol. The van der Waals surface area contributed by atoms with Crippen molar-refractivity contribution in [2.45, 2.75) is 84.0 Å². The van der Waals surface area contributed by atoms with Crippen LogP contribution in [-0.4, -0.2) is 122 Å². The molecule has 358 valence electrons. The van der Waals surface area contributed by atoms with Crippen LogP contribution in [0.1, 0.15) is 118 Å². The van der Waals surface area contributed by atoms with E-state index in [1.54, 1.807) is 0 Å². The smallest absolute Gasteiger partial charge is 0.119 e. The second-order valence-corrected chi connectivity index (χ2v) is 20.7. The second-order valence-electron chi connectivity index (χ2n) is 20.7. The number of aromatic amines is 4. The number of hydrogen-bond acceptors (Lipinski definition) is 3. The van der Waals surface area contributed by atoms with Crippen LogP contribution in [0.25, 0.3) is 23.3 Å². The molecule has 9 nitrogen and oxygen atoms in total. The molecule has 0 atom stereocenters. The molecule has 0 spiro atoms. The molecule has 0 aliphatic carbocycles. The van der Waals surface area contributed by atoms with E-state index in [9.17, 15) is 0 Å². The maximum Gasteiger partial charge on any atom is 0.119 e. The van der Waals surface area contributed by atoms with E-state index in [4.69, 9.17) is 9.47 Å². The zero-order valence-corrected chi connectivity index (χ0v) is 42.0. The standard InChI is InChI=1S/C58H81N7O2/c1-8-9-10-11-12-13-14-15-16-17-41-66-51-28-20-45(21-29-51)57-53-32-24-47(59-53)43-49-26-34-55(61-49)58(56-35-27-50(62-56)44-48-25-33-54(57)60-48)46-22-30-52(31-23-46)67-42-19-39-65(6,7)38-18-36-63(2)37-40-64(3,4)5/h20-35,43-44,59-62H,8-19,36-42H2,1-7H3/q+2. The fourth-order valence-corrected chi connectivity index (χ4v) is 9.18. The summed E-state index contributed by atoms with van der Waals surface area (Å²) in [5, 5.41) is 4.12. The van der Waals surface area contributed by atoms with Crippen LogP contribution >= 0.6 is 0 Å². The third-order valence-corrected chi connectivity index (χ3v) is 13.2. The van der Waals surface area contributed by atoms with Gasteiger partial charge in [0.2, 0.25) is 0 Å². The largest absolute Gasteiger partial charge is 0.494 e. The number of ether oxygens (including phenoxy) is 2. The van der Waals surface area contributed by atoms with E-state index >= 15 is 0 Å². The van der Waals surface area contributed by atoms with Crippen LogP contribution in [0.2, 0.25) is 0 Å². The molecule has 4 N–H and O–H groups in total. The van der Waals surface area contributed by atoms with Gasteiger partial charge < -0.3 is 43.3 Å². The number of aromatic nitrogens is 4. The van der Waals surface area contributed by atoms with Gasteiger partial charge in [-0.15, -0.1) is 0 Å². The van der Waals surface area contributed by atoms with Crippen LogP contribution in [0.15, 0.2) is 97.1 Å². The van der Waals surface area contributed by atoms with E-state index in [1.165, 1.54) is 77.3 Å². The van der Waals surface area contributed by atoms with Crippen LogP contribution in [0.3, 0.4) is 0 Å². The quantitative estimate of drug-likeness (QED) is 0.0325. The number of rotatable bonds is 26. The third kappa shape index (κ3) is 15.3. The van der Waals surface area contributed by atoms with Crippen molar-refractivity contribution in [1.29, 1.82) is 0 Å². The molecule has 0 saturated heterocycles. The molecule has 2 aromatic carbocycles. The zero-order chi connectivity index (χ0) is 47.1. The topological polar surface area (TPSA) is 84.9 Å². The lowest BCUT2D eigenvalue weighted by molar-refractivity contribution is -0.890. The summed E-state index contributed by atoms with van der Waals surface area (Å²) in [6.45, 7) is 9.44. The van der Waals surface area contributed by atoms with Crippen molar-refractivity contribution >= 4 is 23.3 Å². The first-order valence-corrected chi connectivity index (χ1v) is 25.4. The van der Waals surface area contributed by atoms with Crippen molar-refractivity contribution in [3.8, 4) is 11.5 Å². The Bertz CT molecular complexity index is 2670. The van der Waals surface area contributed by atoms with Gasteiger partial charge in [0.05, 0.1) is 68.1 Å². The third-order valence-electron chi connectivity index (χ3n) is 13.2. The van der Waals surface area contributed by atoms with Gasteiger partial charge in [0.1, 0.15) is 11.5 Å². The number of nitrogens with one attached hydrogen (secondary N) is 4. The Morgan fingerprint density at radius 2 is 0.910 bits per heavy atom. The highest BCUT2D eigenvalue weighted by molar-refractivity contribution is 5.79. The first-order chi connectivity index (χ1) is 32.4. The van der Waals surface area contributed by atoms with Crippen LogP contribution in [-0.2, 0) is 0 Å². The highest BCUT2D eigenvalue weighted by Crippen LogP contribution is 2.25. The van der Waals surface area contributed by atoms with Crippen molar-refractivity contribution in [3.05, 3.63) is 152 Å². The molecular formula is C58H81N7O2+2. The zero-order valence-electron chi connectivity index (χ0n) is 42.0. The van der Waals surface area contributed by atoms with E-state index in [2.05, 4.69) is 183 Å². The van der Waals surface area contributed by atoms with Gasteiger partial charge in [-0.3, -0.25) is 0 Å².